The second-order valence-electron chi connectivity index (χ2n) is 9.10. The van der Waals surface area contributed by atoms with Crippen LogP contribution in [0, 0.1) is 12.8 Å². The van der Waals surface area contributed by atoms with Crippen molar-refractivity contribution in [2.45, 2.75) is 71.1 Å². The highest BCUT2D eigenvalue weighted by atomic mass is 32.1. The molecule has 2 aliphatic rings. The summed E-state index contributed by atoms with van der Waals surface area (Å²) in [6, 6.07) is -0.180. The predicted octanol–water partition coefficient (Wildman–Crippen LogP) is 3.38. The number of hydrogen-bond acceptors (Lipinski definition) is 6. The van der Waals surface area contributed by atoms with E-state index in [-0.39, 0.29) is 19.0 Å². The molecule has 0 spiro atoms. The van der Waals surface area contributed by atoms with Gasteiger partial charge in [-0.15, -0.1) is 11.3 Å². The van der Waals surface area contributed by atoms with E-state index in [4.69, 9.17) is 4.74 Å². The monoisotopic (exact) mass is 454 g/mol. The first-order chi connectivity index (χ1) is 14.4. The molecule has 8 nitrogen and oxygen atoms in total. The average molecular weight is 454 g/mol. The molecule has 0 aliphatic heterocycles. The molecule has 1 unspecified atom stereocenters. The molecule has 1 atom stereocenters. The molecule has 2 aromatic rings. The van der Waals surface area contributed by atoms with Gasteiger partial charge in [0.25, 0.3) is 11.5 Å². The fourth-order valence-corrected chi connectivity index (χ4v) is 4.63. The van der Waals surface area contributed by atoms with Gasteiger partial charge in [0.05, 0.1) is 16.5 Å². The van der Waals surface area contributed by atoms with Crippen molar-refractivity contribution in [3.05, 3.63) is 31.3 Å². The number of hydrazone groups is 1. The molecule has 11 heteroatoms. The van der Waals surface area contributed by atoms with E-state index >= 15 is 0 Å². The minimum absolute atomic E-state index is 0.137. The van der Waals surface area contributed by atoms with Crippen molar-refractivity contribution in [1.29, 1.82) is 0 Å². The number of alkyl halides is 2. The third-order valence-corrected chi connectivity index (χ3v) is 6.54. The smallest absolute Gasteiger partial charge is 0.428 e. The van der Waals surface area contributed by atoms with Crippen LogP contribution >= 0.6 is 11.3 Å². The van der Waals surface area contributed by atoms with E-state index in [1.165, 1.54) is 15.3 Å². The molecule has 0 aromatic carbocycles. The predicted molar refractivity (Wildman–Crippen MR) is 113 cm³/mol. The van der Waals surface area contributed by atoms with Crippen molar-refractivity contribution < 1.29 is 18.3 Å². The maximum Gasteiger partial charge on any atom is 0.428 e. The highest BCUT2D eigenvalue weighted by Gasteiger charge is 2.57. The van der Waals surface area contributed by atoms with E-state index in [1.54, 1.807) is 27.7 Å². The van der Waals surface area contributed by atoms with Gasteiger partial charge in [-0.05, 0) is 46.1 Å². The Hall–Kier alpha value is -2.56. The number of aromatic nitrogens is 2. The summed E-state index contributed by atoms with van der Waals surface area (Å²) in [6.45, 7) is 6.74. The van der Waals surface area contributed by atoms with E-state index in [0.29, 0.717) is 20.7 Å². The van der Waals surface area contributed by atoms with Crippen LogP contribution in [0.3, 0.4) is 0 Å². The molecule has 31 heavy (non-hydrogen) atoms. The maximum atomic E-state index is 13.6. The first-order valence-electron chi connectivity index (χ1n) is 10.1. The first kappa shape index (κ1) is 21.7. The number of nitrogens with one attached hydrogen (secondary N) is 1. The molecule has 2 saturated carbocycles. The summed E-state index contributed by atoms with van der Waals surface area (Å²) in [5.74, 6) is -3.69. The molecule has 0 bridgehead atoms. The van der Waals surface area contributed by atoms with Gasteiger partial charge >= 0.3 is 11.8 Å². The fraction of sp³-hybridized carbons (Fsp3) is 0.600. The summed E-state index contributed by atoms with van der Waals surface area (Å²) in [5, 5.41) is 4.21. The molecule has 4 rings (SSSR count). The Balaban J connectivity index is 1.72. The second-order valence-corrected chi connectivity index (χ2v) is 10.1. The molecule has 1 amide bonds. The zero-order chi connectivity index (χ0) is 22.7. The maximum absolute atomic E-state index is 13.6. The van der Waals surface area contributed by atoms with E-state index in [9.17, 15) is 23.2 Å². The van der Waals surface area contributed by atoms with Crippen LogP contribution < -0.4 is 16.7 Å². The Morgan fingerprint density at radius 2 is 2.00 bits per heavy atom. The SMILES string of the molecule is Cc1c(C=NNC(=O)OC(C)(C)C)sc2c1c(=O)n(C1CC1)c(=O)n2CC1CC1(F)F. The lowest BCUT2D eigenvalue weighted by molar-refractivity contribution is 0.0529. The lowest BCUT2D eigenvalue weighted by Crippen LogP contribution is -2.39. The number of halogens is 2. The van der Waals surface area contributed by atoms with Crippen molar-refractivity contribution in [1.82, 2.24) is 14.6 Å². The highest BCUT2D eigenvalue weighted by molar-refractivity contribution is 7.20. The van der Waals surface area contributed by atoms with Crippen LogP contribution in [0.5, 0.6) is 0 Å². The van der Waals surface area contributed by atoms with Gasteiger partial charge in [0, 0.05) is 24.9 Å². The normalized spacial score (nSPS) is 20.4. The Morgan fingerprint density at radius 3 is 2.55 bits per heavy atom. The van der Waals surface area contributed by atoms with Crippen molar-refractivity contribution in [2.24, 2.45) is 11.0 Å². The quantitative estimate of drug-likeness (QED) is 0.554. The van der Waals surface area contributed by atoms with Gasteiger partial charge in [0.2, 0.25) is 0 Å². The standard InChI is InChI=1S/C20H24F2N4O4S/c1-10-13(8-23-24-17(28)30-19(2,3)4)31-16-14(10)15(27)26(12-5-6-12)18(29)25(16)9-11-7-20(11,21)22/h8,11-12H,5-7,9H2,1-4H3,(H,24,28). The van der Waals surface area contributed by atoms with Crippen molar-refractivity contribution in [3.8, 4) is 0 Å². The summed E-state index contributed by atoms with van der Waals surface area (Å²) in [5.41, 5.74) is 1.22. The summed E-state index contributed by atoms with van der Waals surface area (Å²) in [4.78, 5) is 38.7. The number of nitrogens with zero attached hydrogens (tertiary/aromatic N) is 3. The Bertz CT molecular complexity index is 1200. The van der Waals surface area contributed by atoms with E-state index in [2.05, 4.69) is 10.5 Å². The van der Waals surface area contributed by atoms with Crippen LogP contribution in [-0.2, 0) is 11.3 Å². The molecule has 2 fully saturated rings. The lowest BCUT2D eigenvalue weighted by atomic mass is 10.2. The van der Waals surface area contributed by atoms with E-state index in [0.717, 1.165) is 24.2 Å². The zero-order valence-electron chi connectivity index (χ0n) is 17.7. The number of fused-ring (bicyclic) bond motifs is 1. The Labute approximate surface area is 180 Å². The van der Waals surface area contributed by atoms with E-state index in [1.807, 2.05) is 0 Å². The Morgan fingerprint density at radius 1 is 1.35 bits per heavy atom. The third-order valence-electron chi connectivity index (χ3n) is 5.29. The molecule has 2 aliphatic carbocycles. The highest BCUT2D eigenvalue weighted by Crippen LogP contribution is 2.49. The number of amides is 1. The molecule has 0 radical (unpaired) electrons. The summed E-state index contributed by atoms with van der Waals surface area (Å²) in [6.07, 6.45) is 1.81. The Kier molecular flexibility index (Phi) is 5.07. The minimum Gasteiger partial charge on any atom is -0.443 e. The van der Waals surface area contributed by atoms with Gasteiger partial charge in [-0.1, -0.05) is 0 Å². The van der Waals surface area contributed by atoms with Crippen LogP contribution in [0.2, 0.25) is 0 Å². The molecular formula is C20H24F2N4O4S. The second kappa shape index (κ2) is 7.25. The molecule has 2 heterocycles. The number of thiophene rings is 1. The van der Waals surface area contributed by atoms with Crippen LogP contribution in [0.1, 0.15) is 56.5 Å². The van der Waals surface area contributed by atoms with Crippen molar-refractivity contribution in [2.75, 3.05) is 0 Å². The van der Waals surface area contributed by atoms with Gasteiger partial charge in [-0.3, -0.25) is 13.9 Å². The summed E-state index contributed by atoms with van der Waals surface area (Å²) < 4.78 is 34.7. The number of carbonyl (C=O) groups is 1. The van der Waals surface area contributed by atoms with Gasteiger partial charge in [0.15, 0.2) is 0 Å². The fourth-order valence-electron chi connectivity index (χ4n) is 3.45. The summed E-state index contributed by atoms with van der Waals surface area (Å²) >= 11 is 1.12. The first-order valence-corrected chi connectivity index (χ1v) is 10.9. The average Bonchev–Trinajstić information content (AvgIpc) is 3.52. The number of aryl methyl sites for hydroxylation is 1. The summed E-state index contributed by atoms with van der Waals surface area (Å²) in [7, 11) is 0. The van der Waals surface area contributed by atoms with Gasteiger partial charge in [-0.25, -0.2) is 23.8 Å². The number of carbonyl (C=O) groups excluding carboxylic acids is 1. The minimum atomic E-state index is -2.78. The van der Waals surface area contributed by atoms with Gasteiger partial charge in [0.1, 0.15) is 10.4 Å². The number of hydrogen-bond donors (Lipinski definition) is 1. The van der Waals surface area contributed by atoms with Gasteiger partial charge in [-0.2, -0.15) is 5.10 Å². The topological polar surface area (TPSA) is 94.7 Å². The largest absolute Gasteiger partial charge is 0.443 e. The number of rotatable bonds is 5. The van der Waals surface area contributed by atoms with Crippen LogP contribution in [0.4, 0.5) is 13.6 Å². The van der Waals surface area contributed by atoms with Crippen LogP contribution in [-0.4, -0.2) is 33.0 Å². The van der Waals surface area contributed by atoms with Crippen LogP contribution in [0.25, 0.3) is 10.2 Å². The van der Waals surface area contributed by atoms with Crippen LogP contribution in [0.15, 0.2) is 14.7 Å². The third kappa shape index (κ3) is 4.28. The van der Waals surface area contributed by atoms with Crippen molar-refractivity contribution in [3.63, 3.8) is 0 Å². The number of ether oxygens (including phenoxy) is 1. The molecule has 2 aromatic heterocycles. The molecule has 168 valence electrons. The lowest BCUT2D eigenvalue weighted by Gasteiger charge is -2.18. The molecule has 1 N–H and O–H groups in total. The molecule has 0 saturated heterocycles. The van der Waals surface area contributed by atoms with E-state index < -0.39 is 34.8 Å². The molecular weight excluding hydrogens is 430 g/mol. The van der Waals surface area contributed by atoms with Gasteiger partial charge < -0.3 is 4.74 Å². The van der Waals surface area contributed by atoms with Crippen molar-refractivity contribution >= 4 is 33.9 Å². The zero-order valence-corrected chi connectivity index (χ0v) is 18.5.